The molecule has 0 saturated heterocycles. The normalized spacial score (nSPS) is 12.8. The minimum Gasteiger partial charge on any atom is -0.481 e. The Balaban J connectivity index is 2.43. The molecule has 0 aromatic carbocycles. The highest BCUT2D eigenvalue weighted by molar-refractivity contribution is 5.80. The number of pyridine rings is 2. The van der Waals surface area contributed by atoms with E-state index in [2.05, 4.69) is 15.3 Å². The number of methoxy groups -OCH3 is 1. The third kappa shape index (κ3) is 4.08. The highest BCUT2D eigenvalue weighted by Crippen LogP contribution is 2.26. The Morgan fingerprint density at radius 3 is 2.71 bits per heavy atom. The summed E-state index contributed by atoms with van der Waals surface area (Å²) in [6, 6.07) is 2.17. The van der Waals surface area contributed by atoms with E-state index < -0.39 is 30.2 Å². The number of hydrogen-bond acceptors (Lipinski definition) is 6. The maximum atomic E-state index is 14.3. The van der Waals surface area contributed by atoms with E-state index in [1.807, 2.05) is 0 Å². The summed E-state index contributed by atoms with van der Waals surface area (Å²) in [7, 11) is 1.43. The fraction of sp³-hybridized carbons (Fsp3) is 0.438. The fourth-order valence-electron chi connectivity index (χ4n) is 2.15. The molecule has 0 saturated carbocycles. The van der Waals surface area contributed by atoms with Gasteiger partial charge in [-0.1, -0.05) is 0 Å². The molecule has 2 rings (SSSR count). The number of aromatic nitrogens is 2. The number of halogens is 1. The number of fused-ring (bicyclic) bond motifs is 1. The number of amides is 1. The van der Waals surface area contributed by atoms with Crippen molar-refractivity contribution < 1.29 is 23.8 Å². The van der Waals surface area contributed by atoms with Gasteiger partial charge in [-0.25, -0.2) is 14.2 Å². The second-order valence-corrected chi connectivity index (χ2v) is 6.12. The maximum Gasteiger partial charge on any atom is 0.408 e. The first kappa shape index (κ1) is 17.9. The Labute approximate surface area is 138 Å². The summed E-state index contributed by atoms with van der Waals surface area (Å²) in [6.45, 7) is 4.58. The van der Waals surface area contributed by atoms with Crippen molar-refractivity contribution >= 4 is 17.1 Å². The number of carbonyl (C=O) groups is 1. The summed E-state index contributed by atoms with van der Waals surface area (Å²) >= 11 is 0. The van der Waals surface area contributed by atoms with Gasteiger partial charge in [0.05, 0.1) is 31.5 Å². The molecule has 24 heavy (non-hydrogen) atoms. The summed E-state index contributed by atoms with van der Waals surface area (Å²) in [6.07, 6.45) is 0.249. The summed E-state index contributed by atoms with van der Waals surface area (Å²) < 4.78 is 24.5. The van der Waals surface area contributed by atoms with Gasteiger partial charge in [-0.3, -0.25) is 4.98 Å². The summed E-state index contributed by atoms with van der Waals surface area (Å²) in [5, 5.41) is 12.1. The van der Waals surface area contributed by atoms with Gasteiger partial charge in [0, 0.05) is 11.6 Å². The molecule has 130 valence electrons. The van der Waals surface area contributed by atoms with Crippen molar-refractivity contribution in [2.75, 3.05) is 13.7 Å². The van der Waals surface area contributed by atoms with E-state index in [1.165, 1.54) is 7.11 Å². The van der Waals surface area contributed by atoms with Crippen LogP contribution in [0.3, 0.4) is 0 Å². The minimum absolute atomic E-state index is 0.0206. The van der Waals surface area contributed by atoms with Crippen LogP contribution in [0.2, 0.25) is 0 Å². The van der Waals surface area contributed by atoms with Crippen molar-refractivity contribution in [3.05, 3.63) is 29.7 Å². The van der Waals surface area contributed by atoms with Crippen LogP contribution in [0.4, 0.5) is 9.18 Å². The Hall–Kier alpha value is -2.48. The van der Waals surface area contributed by atoms with Crippen molar-refractivity contribution in [2.45, 2.75) is 32.4 Å². The van der Waals surface area contributed by atoms with Crippen LogP contribution in [0.5, 0.6) is 5.88 Å². The van der Waals surface area contributed by atoms with Gasteiger partial charge in [0.15, 0.2) is 0 Å². The molecule has 0 fully saturated rings. The lowest BCUT2D eigenvalue weighted by molar-refractivity contribution is 0.0481. The van der Waals surface area contributed by atoms with Gasteiger partial charge in [-0.05, 0) is 26.8 Å². The molecule has 0 radical (unpaired) electrons. The van der Waals surface area contributed by atoms with Crippen molar-refractivity contribution in [3.63, 3.8) is 0 Å². The zero-order chi connectivity index (χ0) is 17.9. The van der Waals surface area contributed by atoms with E-state index in [0.29, 0.717) is 5.52 Å². The largest absolute Gasteiger partial charge is 0.481 e. The molecular formula is C16H20FN3O4. The van der Waals surface area contributed by atoms with Crippen molar-refractivity contribution in [1.82, 2.24) is 15.3 Å². The van der Waals surface area contributed by atoms with E-state index in [0.717, 1.165) is 6.20 Å². The number of carbonyl (C=O) groups excluding carboxylic acids is 1. The van der Waals surface area contributed by atoms with Crippen LogP contribution >= 0.6 is 0 Å². The standard InChI is InChI=1S/C16H20FN3O4/c1-16(2,3)24-15(22)19-11(8-21)13-9(17)7-18-10-5-6-12(23-4)20-14(10)13/h5-7,11,21H,8H2,1-4H3,(H,19,22)/t11-/m1/s1. The van der Waals surface area contributed by atoms with Crippen LogP contribution in [0.15, 0.2) is 18.3 Å². The van der Waals surface area contributed by atoms with Gasteiger partial charge in [0.2, 0.25) is 5.88 Å². The highest BCUT2D eigenvalue weighted by atomic mass is 19.1. The third-order valence-electron chi connectivity index (χ3n) is 3.11. The summed E-state index contributed by atoms with van der Waals surface area (Å²) in [5.74, 6) is -0.427. The number of hydrogen-bond donors (Lipinski definition) is 2. The molecule has 0 unspecified atom stereocenters. The average molecular weight is 337 g/mol. The smallest absolute Gasteiger partial charge is 0.408 e. The SMILES string of the molecule is COc1ccc2ncc(F)c([C@@H](CO)NC(=O)OC(C)(C)C)c2n1. The minimum atomic E-state index is -1.04. The topological polar surface area (TPSA) is 93.6 Å². The van der Waals surface area contributed by atoms with Crippen LogP contribution in [0.25, 0.3) is 11.0 Å². The van der Waals surface area contributed by atoms with Crippen LogP contribution < -0.4 is 10.1 Å². The Bertz CT molecular complexity index is 746. The number of ether oxygens (including phenoxy) is 2. The second-order valence-electron chi connectivity index (χ2n) is 6.12. The molecule has 0 bridgehead atoms. The van der Waals surface area contributed by atoms with Crippen LogP contribution in [0.1, 0.15) is 32.4 Å². The predicted molar refractivity (Wildman–Crippen MR) is 85.2 cm³/mol. The lowest BCUT2D eigenvalue weighted by atomic mass is 10.1. The number of aliphatic hydroxyl groups is 1. The van der Waals surface area contributed by atoms with Crippen LogP contribution in [-0.4, -0.2) is 40.5 Å². The van der Waals surface area contributed by atoms with Gasteiger partial charge >= 0.3 is 6.09 Å². The Kier molecular flexibility index (Phi) is 5.18. The molecule has 0 spiro atoms. The molecule has 8 heteroatoms. The average Bonchev–Trinajstić information content (AvgIpc) is 2.50. The summed E-state index contributed by atoms with van der Waals surface area (Å²) in [4.78, 5) is 20.1. The van der Waals surface area contributed by atoms with Gasteiger partial charge < -0.3 is 19.9 Å². The van der Waals surface area contributed by atoms with E-state index in [9.17, 15) is 14.3 Å². The molecule has 0 aliphatic carbocycles. The monoisotopic (exact) mass is 337 g/mol. The van der Waals surface area contributed by atoms with E-state index in [4.69, 9.17) is 9.47 Å². The van der Waals surface area contributed by atoms with Gasteiger partial charge in [0.1, 0.15) is 16.9 Å². The molecule has 1 amide bonds. The number of alkyl carbamates (subject to hydrolysis) is 1. The molecule has 2 aromatic heterocycles. The van der Waals surface area contributed by atoms with Gasteiger partial charge in [0.25, 0.3) is 0 Å². The number of aliphatic hydroxyl groups excluding tert-OH is 1. The van der Waals surface area contributed by atoms with Crippen LogP contribution in [0, 0.1) is 5.82 Å². The molecule has 2 heterocycles. The van der Waals surface area contributed by atoms with Gasteiger partial charge in [-0.2, -0.15) is 0 Å². The molecule has 0 aliphatic heterocycles. The van der Waals surface area contributed by atoms with Crippen molar-refractivity contribution in [2.24, 2.45) is 0 Å². The van der Waals surface area contributed by atoms with E-state index in [-0.39, 0.29) is 17.0 Å². The fourth-order valence-corrected chi connectivity index (χ4v) is 2.15. The summed E-state index contributed by atoms with van der Waals surface area (Å²) in [5.41, 5.74) is -0.0851. The van der Waals surface area contributed by atoms with Crippen molar-refractivity contribution in [3.8, 4) is 5.88 Å². The van der Waals surface area contributed by atoms with E-state index in [1.54, 1.807) is 32.9 Å². The maximum absolute atomic E-state index is 14.3. The Morgan fingerprint density at radius 1 is 1.42 bits per heavy atom. The molecule has 2 N–H and O–H groups in total. The molecule has 7 nitrogen and oxygen atoms in total. The number of nitrogens with zero attached hydrogens (tertiary/aromatic N) is 2. The predicted octanol–water partition coefficient (Wildman–Crippen LogP) is 2.34. The zero-order valence-corrected chi connectivity index (χ0v) is 14.0. The van der Waals surface area contributed by atoms with Crippen molar-refractivity contribution in [1.29, 1.82) is 0 Å². The molecule has 1 atom stereocenters. The first-order valence-corrected chi connectivity index (χ1v) is 7.34. The van der Waals surface area contributed by atoms with Crippen LogP contribution in [-0.2, 0) is 4.74 Å². The number of rotatable bonds is 4. The first-order chi connectivity index (χ1) is 11.2. The second kappa shape index (κ2) is 6.96. The zero-order valence-electron chi connectivity index (χ0n) is 14.0. The number of nitrogens with one attached hydrogen (secondary N) is 1. The molecular weight excluding hydrogens is 317 g/mol. The molecule has 2 aromatic rings. The Morgan fingerprint density at radius 2 is 2.12 bits per heavy atom. The first-order valence-electron chi connectivity index (χ1n) is 7.34. The quantitative estimate of drug-likeness (QED) is 0.889. The third-order valence-corrected chi connectivity index (χ3v) is 3.11. The van der Waals surface area contributed by atoms with E-state index >= 15 is 0 Å². The highest BCUT2D eigenvalue weighted by Gasteiger charge is 2.25. The van der Waals surface area contributed by atoms with Gasteiger partial charge in [-0.15, -0.1) is 0 Å². The lowest BCUT2D eigenvalue weighted by Gasteiger charge is -2.23. The molecule has 0 aliphatic rings. The lowest BCUT2D eigenvalue weighted by Crippen LogP contribution is -2.36.